The van der Waals surface area contributed by atoms with E-state index in [1.165, 1.54) is 11.5 Å². The molecule has 1 aromatic carbocycles. The number of aryl methyl sites for hydroxylation is 3. The lowest BCUT2D eigenvalue weighted by molar-refractivity contribution is 0.756. The second-order valence-electron chi connectivity index (χ2n) is 7.01. The minimum absolute atomic E-state index is 0.835. The summed E-state index contributed by atoms with van der Waals surface area (Å²) < 4.78 is 4.43. The smallest absolute Gasteiger partial charge is 0.136 e. The van der Waals surface area contributed by atoms with Gasteiger partial charge in [-0.25, -0.2) is 9.97 Å². The second-order valence-corrected chi connectivity index (χ2v) is 7.39. The molecule has 0 N–H and O–H groups in total. The lowest BCUT2D eigenvalue weighted by Gasteiger charge is -2.11. The van der Waals surface area contributed by atoms with E-state index >= 15 is 0 Å². The fourth-order valence-electron chi connectivity index (χ4n) is 3.96. The van der Waals surface area contributed by atoms with Crippen molar-refractivity contribution in [1.29, 1.82) is 0 Å². The Morgan fingerprint density at radius 2 is 1.88 bits per heavy atom. The predicted octanol–water partition coefficient (Wildman–Crippen LogP) is 5.08. The first-order chi connectivity index (χ1) is 12.6. The first-order valence-corrected chi connectivity index (χ1v) is 9.29. The van der Waals surface area contributed by atoms with E-state index in [0.717, 1.165) is 58.0 Å². The maximum Gasteiger partial charge on any atom is 0.136 e. The highest BCUT2D eigenvalue weighted by Gasteiger charge is 2.24. The molecule has 0 spiro atoms. The van der Waals surface area contributed by atoms with Gasteiger partial charge in [-0.3, -0.25) is 0 Å². The molecule has 0 bridgehead atoms. The molecule has 0 amide bonds. The molecule has 5 heteroatoms. The van der Waals surface area contributed by atoms with Crippen LogP contribution in [0.25, 0.3) is 28.2 Å². The van der Waals surface area contributed by atoms with Crippen molar-refractivity contribution in [3.63, 3.8) is 0 Å². The predicted molar refractivity (Wildman–Crippen MR) is 105 cm³/mol. The van der Waals surface area contributed by atoms with E-state index in [1.54, 1.807) is 0 Å². The van der Waals surface area contributed by atoms with Crippen molar-refractivity contribution in [1.82, 2.24) is 18.9 Å². The SMILES string of the molecule is Cc1cc(-c2nc3n(c2-c2ccc4nccn4c2)CCC3)cc(C)c1Cl. The molecule has 3 aromatic heterocycles. The van der Waals surface area contributed by atoms with Crippen LogP contribution in [0, 0.1) is 13.8 Å². The third kappa shape index (κ3) is 2.29. The number of rotatable bonds is 2. The molecule has 1 aliphatic heterocycles. The van der Waals surface area contributed by atoms with E-state index in [2.05, 4.69) is 58.3 Å². The van der Waals surface area contributed by atoms with Crippen molar-refractivity contribution in [3.8, 4) is 22.5 Å². The molecule has 1 aliphatic rings. The van der Waals surface area contributed by atoms with E-state index in [0.29, 0.717) is 0 Å². The van der Waals surface area contributed by atoms with Crippen LogP contribution >= 0.6 is 11.6 Å². The molecule has 0 radical (unpaired) electrons. The Hall–Kier alpha value is -2.59. The molecular formula is C21H19ClN4. The monoisotopic (exact) mass is 362 g/mol. The molecule has 0 aliphatic carbocycles. The number of hydrogen-bond acceptors (Lipinski definition) is 2. The summed E-state index contributed by atoms with van der Waals surface area (Å²) in [5.74, 6) is 1.17. The van der Waals surface area contributed by atoms with E-state index < -0.39 is 0 Å². The van der Waals surface area contributed by atoms with Crippen LogP contribution < -0.4 is 0 Å². The average Bonchev–Trinajstić information content (AvgIpc) is 3.33. The van der Waals surface area contributed by atoms with Gasteiger partial charge in [0.25, 0.3) is 0 Å². The number of nitrogens with zero attached hydrogens (tertiary/aromatic N) is 4. The highest BCUT2D eigenvalue weighted by atomic mass is 35.5. The Balaban J connectivity index is 1.77. The van der Waals surface area contributed by atoms with Crippen LogP contribution in [0.3, 0.4) is 0 Å². The molecule has 4 nitrogen and oxygen atoms in total. The van der Waals surface area contributed by atoms with Gasteiger partial charge in [0.15, 0.2) is 0 Å². The molecule has 0 fully saturated rings. The largest absolute Gasteiger partial charge is 0.327 e. The van der Waals surface area contributed by atoms with E-state index in [-0.39, 0.29) is 0 Å². The van der Waals surface area contributed by atoms with Gasteiger partial charge in [0.2, 0.25) is 0 Å². The summed E-state index contributed by atoms with van der Waals surface area (Å²) in [5.41, 5.74) is 7.66. The van der Waals surface area contributed by atoms with Crippen molar-refractivity contribution in [2.45, 2.75) is 33.2 Å². The van der Waals surface area contributed by atoms with Crippen LogP contribution in [0.4, 0.5) is 0 Å². The Morgan fingerprint density at radius 3 is 2.69 bits per heavy atom. The third-order valence-corrected chi connectivity index (χ3v) is 5.80. The minimum Gasteiger partial charge on any atom is -0.327 e. The molecule has 0 unspecified atom stereocenters. The van der Waals surface area contributed by atoms with Gasteiger partial charge in [0.05, 0.1) is 11.4 Å². The van der Waals surface area contributed by atoms with Crippen molar-refractivity contribution in [2.75, 3.05) is 0 Å². The summed E-state index contributed by atoms with van der Waals surface area (Å²) in [6, 6.07) is 8.50. The summed E-state index contributed by atoms with van der Waals surface area (Å²) in [6.07, 6.45) is 8.14. The molecule has 130 valence electrons. The summed E-state index contributed by atoms with van der Waals surface area (Å²) >= 11 is 6.39. The van der Waals surface area contributed by atoms with Gasteiger partial charge in [-0.05, 0) is 55.7 Å². The second kappa shape index (κ2) is 5.71. The maximum atomic E-state index is 6.39. The van der Waals surface area contributed by atoms with Crippen LogP contribution in [-0.2, 0) is 13.0 Å². The highest BCUT2D eigenvalue weighted by molar-refractivity contribution is 6.32. The molecule has 0 saturated carbocycles. The summed E-state index contributed by atoms with van der Waals surface area (Å²) in [5, 5.41) is 0.835. The Labute approximate surface area is 157 Å². The molecule has 0 atom stereocenters. The van der Waals surface area contributed by atoms with Crippen LogP contribution in [0.5, 0.6) is 0 Å². The van der Waals surface area contributed by atoms with Crippen molar-refractivity contribution in [3.05, 3.63) is 64.8 Å². The lowest BCUT2D eigenvalue weighted by Crippen LogP contribution is -1.98. The van der Waals surface area contributed by atoms with Crippen LogP contribution in [0.1, 0.15) is 23.4 Å². The summed E-state index contributed by atoms with van der Waals surface area (Å²) in [6.45, 7) is 5.13. The normalized spacial score (nSPS) is 13.5. The minimum atomic E-state index is 0.835. The van der Waals surface area contributed by atoms with Gasteiger partial charge in [-0.1, -0.05) is 11.6 Å². The molecule has 5 rings (SSSR count). The maximum absolute atomic E-state index is 6.39. The van der Waals surface area contributed by atoms with Crippen molar-refractivity contribution < 1.29 is 0 Å². The van der Waals surface area contributed by atoms with Crippen molar-refractivity contribution in [2.24, 2.45) is 0 Å². The summed E-state index contributed by atoms with van der Waals surface area (Å²) in [7, 11) is 0. The first-order valence-electron chi connectivity index (χ1n) is 8.91. The van der Waals surface area contributed by atoms with Gasteiger partial charge in [0.1, 0.15) is 11.5 Å². The number of benzene rings is 1. The van der Waals surface area contributed by atoms with Gasteiger partial charge in [-0.15, -0.1) is 0 Å². The van der Waals surface area contributed by atoms with Crippen LogP contribution in [0.2, 0.25) is 5.02 Å². The molecule has 4 heterocycles. The number of fused-ring (bicyclic) bond motifs is 2. The van der Waals surface area contributed by atoms with Crippen molar-refractivity contribution >= 4 is 17.2 Å². The number of hydrogen-bond donors (Lipinski definition) is 0. The zero-order valence-corrected chi connectivity index (χ0v) is 15.6. The fraction of sp³-hybridized carbons (Fsp3) is 0.238. The van der Waals surface area contributed by atoms with Gasteiger partial charge in [0, 0.05) is 47.7 Å². The van der Waals surface area contributed by atoms with Gasteiger partial charge >= 0.3 is 0 Å². The van der Waals surface area contributed by atoms with Crippen LogP contribution in [0.15, 0.2) is 42.9 Å². The topological polar surface area (TPSA) is 35.1 Å². The lowest BCUT2D eigenvalue weighted by atomic mass is 10.0. The quantitative estimate of drug-likeness (QED) is 0.498. The Morgan fingerprint density at radius 1 is 1.08 bits per heavy atom. The zero-order valence-electron chi connectivity index (χ0n) is 14.8. The molecule has 26 heavy (non-hydrogen) atoms. The first kappa shape index (κ1) is 15.6. The van der Waals surface area contributed by atoms with Gasteiger partial charge in [-0.2, -0.15) is 0 Å². The molecular weight excluding hydrogens is 344 g/mol. The van der Waals surface area contributed by atoms with Crippen LogP contribution in [-0.4, -0.2) is 18.9 Å². The Bertz CT molecular complexity index is 1130. The Kier molecular flexibility index (Phi) is 3.44. The number of aromatic nitrogens is 4. The summed E-state index contributed by atoms with van der Waals surface area (Å²) in [4.78, 5) is 9.36. The van der Waals surface area contributed by atoms with E-state index in [1.807, 2.05) is 12.4 Å². The van der Waals surface area contributed by atoms with Gasteiger partial charge < -0.3 is 8.97 Å². The fourth-order valence-corrected chi connectivity index (χ4v) is 4.07. The number of pyridine rings is 1. The number of imidazole rings is 2. The highest BCUT2D eigenvalue weighted by Crippen LogP contribution is 2.37. The number of halogens is 1. The average molecular weight is 363 g/mol. The third-order valence-electron chi connectivity index (χ3n) is 5.20. The van der Waals surface area contributed by atoms with E-state index in [9.17, 15) is 0 Å². The molecule has 0 saturated heterocycles. The standard InChI is InChI=1S/C21H19ClN4/c1-13-10-16(11-14(2)19(13)22)20-21(26-8-3-4-18(26)24-20)15-5-6-17-23-7-9-25(17)12-15/h5-7,9-12H,3-4,8H2,1-2H3. The van der Waals surface area contributed by atoms with E-state index in [4.69, 9.17) is 16.6 Å². The zero-order chi connectivity index (χ0) is 17.8. The molecule has 4 aromatic rings.